The van der Waals surface area contributed by atoms with Crippen LogP contribution >= 0.6 is 24.0 Å². The van der Waals surface area contributed by atoms with Crippen molar-refractivity contribution in [1.29, 1.82) is 0 Å². The molecular weight excluding hydrogens is 445 g/mol. The van der Waals surface area contributed by atoms with Crippen molar-refractivity contribution in [2.24, 2.45) is 10.9 Å². The van der Waals surface area contributed by atoms with Crippen LogP contribution in [0.3, 0.4) is 0 Å². The maximum absolute atomic E-state index is 11.2. The molecule has 0 aliphatic carbocycles. The Morgan fingerprint density at radius 1 is 1.19 bits per heavy atom. The molecule has 0 radical (unpaired) electrons. The molecule has 0 aliphatic heterocycles. The monoisotopic (exact) mass is 477 g/mol. The molecule has 0 aromatic heterocycles. The van der Waals surface area contributed by atoms with Crippen LogP contribution in [-0.4, -0.2) is 38.7 Å². The molecule has 0 saturated heterocycles. The Bertz CT molecular complexity index is 547. The van der Waals surface area contributed by atoms with Crippen LogP contribution in [0, 0.1) is 5.92 Å². The van der Waals surface area contributed by atoms with Crippen molar-refractivity contribution < 1.29 is 14.3 Å². The van der Waals surface area contributed by atoms with E-state index >= 15 is 0 Å². The van der Waals surface area contributed by atoms with E-state index in [-0.39, 0.29) is 42.4 Å². The van der Waals surface area contributed by atoms with E-state index in [9.17, 15) is 4.79 Å². The zero-order valence-corrected chi connectivity index (χ0v) is 18.7. The van der Waals surface area contributed by atoms with E-state index in [0.29, 0.717) is 25.0 Å². The first-order chi connectivity index (χ1) is 12.0. The van der Waals surface area contributed by atoms with E-state index < -0.39 is 0 Å². The molecule has 0 aliphatic rings. The number of hydrogen-bond donors (Lipinski definition) is 2. The Balaban J connectivity index is 0.00000625. The summed E-state index contributed by atoms with van der Waals surface area (Å²) in [5.41, 5.74) is 1.13. The van der Waals surface area contributed by atoms with Gasteiger partial charge in [0.2, 0.25) is 0 Å². The minimum absolute atomic E-state index is 0. The lowest BCUT2D eigenvalue weighted by Gasteiger charge is -2.18. The summed E-state index contributed by atoms with van der Waals surface area (Å²) in [7, 11) is 1.38. The number of ether oxygens (including phenoxy) is 2. The highest BCUT2D eigenvalue weighted by molar-refractivity contribution is 14.0. The Morgan fingerprint density at radius 3 is 2.38 bits per heavy atom. The zero-order valence-electron chi connectivity index (χ0n) is 16.4. The van der Waals surface area contributed by atoms with Gasteiger partial charge in [-0.05, 0) is 37.5 Å². The first-order valence-corrected chi connectivity index (χ1v) is 8.80. The number of esters is 1. The second-order valence-electron chi connectivity index (χ2n) is 6.23. The van der Waals surface area contributed by atoms with Gasteiger partial charge in [0.25, 0.3) is 0 Å². The molecule has 0 bridgehead atoms. The minimum Gasteiger partial charge on any atom is -0.493 e. The summed E-state index contributed by atoms with van der Waals surface area (Å²) in [6.07, 6.45) is 0.267. The minimum atomic E-state index is -0.260. The zero-order chi connectivity index (χ0) is 18.7. The molecule has 6 nitrogen and oxygen atoms in total. The van der Waals surface area contributed by atoms with Crippen LogP contribution in [0.5, 0.6) is 5.75 Å². The standard InChI is InChI=1S/C19H31N3O3.HI/c1-6-20-19(21-12-11-18(23)24-5)22-15(4)16-7-9-17(10-8-16)25-13-14(2)3;/h7-10,14-15H,6,11-13H2,1-5H3,(H2,20,21,22);1H. The third-order valence-electron chi connectivity index (χ3n) is 3.47. The van der Waals surface area contributed by atoms with E-state index in [0.717, 1.165) is 17.9 Å². The van der Waals surface area contributed by atoms with Gasteiger partial charge in [0.1, 0.15) is 5.75 Å². The number of benzene rings is 1. The number of nitrogens with zero attached hydrogens (tertiary/aromatic N) is 1. The number of hydrogen-bond acceptors (Lipinski definition) is 4. The molecule has 1 rings (SSSR count). The fourth-order valence-electron chi connectivity index (χ4n) is 2.09. The largest absolute Gasteiger partial charge is 0.493 e. The van der Waals surface area contributed by atoms with Crippen LogP contribution in [0.1, 0.15) is 45.7 Å². The van der Waals surface area contributed by atoms with E-state index in [4.69, 9.17) is 4.74 Å². The van der Waals surface area contributed by atoms with Gasteiger partial charge in [-0.1, -0.05) is 26.0 Å². The van der Waals surface area contributed by atoms with Gasteiger partial charge in [0, 0.05) is 6.54 Å². The smallest absolute Gasteiger partial charge is 0.307 e. The molecule has 1 aromatic carbocycles. The highest BCUT2D eigenvalue weighted by Gasteiger charge is 2.08. The number of halogens is 1. The molecule has 7 heteroatoms. The molecule has 0 heterocycles. The number of carbonyl (C=O) groups excluding carboxylic acids is 1. The molecule has 0 fully saturated rings. The lowest BCUT2D eigenvalue weighted by atomic mass is 10.1. The average molecular weight is 477 g/mol. The fourth-order valence-corrected chi connectivity index (χ4v) is 2.09. The summed E-state index contributed by atoms with van der Waals surface area (Å²) in [5, 5.41) is 6.52. The fraction of sp³-hybridized carbons (Fsp3) is 0.579. The number of nitrogens with one attached hydrogen (secondary N) is 2. The molecule has 1 aromatic rings. The molecule has 26 heavy (non-hydrogen) atoms. The first-order valence-electron chi connectivity index (χ1n) is 8.80. The molecule has 0 saturated carbocycles. The molecule has 148 valence electrons. The summed E-state index contributed by atoms with van der Waals surface area (Å²) in [4.78, 5) is 15.6. The van der Waals surface area contributed by atoms with Crippen molar-refractivity contribution in [3.63, 3.8) is 0 Å². The van der Waals surface area contributed by atoms with E-state index in [2.05, 4.69) is 41.1 Å². The van der Waals surface area contributed by atoms with Crippen molar-refractivity contribution in [1.82, 2.24) is 10.6 Å². The maximum Gasteiger partial charge on any atom is 0.307 e. The van der Waals surface area contributed by atoms with Crippen molar-refractivity contribution >= 4 is 35.9 Å². The van der Waals surface area contributed by atoms with Gasteiger partial charge in [-0.15, -0.1) is 24.0 Å². The van der Waals surface area contributed by atoms with Gasteiger partial charge in [0.15, 0.2) is 5.96 Å². The quantitative estimate of drug-likeness (QED) is 0.247. The lowest BCUT2D eigenvalue weighted by molar-refractivity contribution is -0.140. The molecule has 0 spiro atoms. The van der Waals surface area contributed by atoms with Gasteiger partial charge < -0.3 is 20.1 Å². The highest BCUT2D eigenvalue weighted by Crippen LogP contribution is 2.18. The molecule has 2 N–H and O–H groups in total. The SMILES string of the molecule is CCNC(=NCCC(=O)OC)NC(C)c1ccc(OCC(C)C)cc1.I. The summed E-state index contributed by atoms with van der Waals surface area (Å²) in [6.45, 7) is 10.2. The Labute approximate surface area is 174 Å². The van der Waals surface area contributed by atoms with Gasteiger partial charge in [-0.25, -0.2) is 0 Å². The van der Waals surface area contributed by atoms with Gasteiger partial charge >= 0.3 is 5.97 Å². The van der Waals surface area contributed by atoms with Crippen molar-refractivity contribution in [2.45, 2.75) is 40.2 Å². The van der Waals surface area contributed by atoms with E-state index in [1.165, 1.54) is 7.11 Å². The van der Waals surface area contributed by atoms with Crippen LogP contribution in [0.4, 0.5) is 0 Å². The normalized spacial score (nSPS) is 12.2. The van der Waals surface area contributed by atoms with Gasteiger partial charge in [-0.3, -0.25) is 9.79 Å². The summed E-state index contributed by atoms with van der Waals surface area (Å²) >= 11 is 0. The first kappa shape index (κ1) is 24.5. The topological polar surface area (TPSA) is 72.0 Å². The van der Waals surface area contributed by atoms with E-state index in [1.807, 2.05) is 31.2 Å². The van der Waals surface area contributed by atoms with Crippen molar-refractivity contribution in [3.05, 3.63) is 29.8 Å². The number of guanidine groups is 1. The van der Waals surface area contributed by atoms with Crippen molar-refractivity contribution in [2.75, 3.05) is 26.8 Å². The van der Waals surface area contributed by atoms with E-state index in [1.54, 1.807) is 0 Å². The Morgan fingerprint density at radius 2 is 1.85 bits per heavy atom. The predicted molar refractivity (Wildman–Crippen MR) is 116 cm³/mol. The maximum atomic E-state index is 11.2. The summed E-state index contributed by atoms with van der Waals surface area (Å²) in [5.74, 6) is 1.80. The predicted octanol–water partition coefficient (Wildman–Crippen LogP) is 3.52. The highest BCUT2D eigenvalue weighted by atomic mass is 127. The van der Waals surface area contributed by atoms with Crippen LogP contribution in [0.2, 0.25) is 0 Å². The summed E-state index contributed by atoms with van der Waals surface area (Å²) < 4.78 is 10.3. The molecule has 0 amide bonds. The lowest BCUT2D eigenvalue weighted by Crippen LogP contribution is -2.38. The average Bonchev–Trinajstić information content (AvgIpc) is 2.60. The van der Waals surface area contributed by atoms with Crippen LogP contribution < -0.4 is 15.4 Å². The Hall–Kier alpha value is -1.51. The van der Waals surface area contributed by atoms with Crippen LogP contribution in [-0.2, 0) is 9.53 Å². The number of aliphatic imine (C=N–C) groups is 1. The van der Waals surface area contributed by atoms with Gasteiger partial charge in [0.05, 0.1) is 32.7 Å². The third kappa shape index (κ3) is 9.84. The van der Waals surface area contributed by atoms with Crippen LogP contribution in [0.25, 0.3) is 0 Å². The number of methoxy groups -OCH3 is 1. The summed E-state index contributed by atoms with van der Waals surface area (Å²) in [6, 6.07) is 8.14. The van der Waals surface area contributed by atoms with Crippen LogP contribution in [0.15, 0.2) is 29.3 Å². The number of rotatable bonds is 9. The van der Waals surface area contributed by atoms with Gasteiger partial charge in [-0.2, -0.15) is 0 Å². The third-order valence-corrected chi connectivity index (χ3v) is 3.47. The second kappa shape index (κ2) is 13.7. The molecule has 1 atom stereocenters. The molecule has 1 unspecified atom stereocenters. The molecular formula is C19H32IN3O3. The number of carbonyl (C=O) groups is 1. The second-order valence-corrected chi connectivity index (χ2v) is 6.23. The Kier molecular flexibility index (Phi) is 12.9. The van der Waals surface area contributed by atoms with Crippen molar-refractivity contribution in [3.8, 4) is 5.75 Å².